The predicted octanol–water partition coefficient (Wildman–Crippen LogP) is 1.61. The summed E-state index contributed by atoms with van der Waals surface area (Å²) in [5, 5.41) is 2.77. The molecule has 2 fully saturated rings. The molecule has 0 saturated carbocycles. The molecule has 0 bridgehead atoms. The van der Waals surface area contributed by atoms with E-state index in [0.29, 0.717) is 12.4 Å². The Labute approximate surface area is 140 Å². The van der Waals surface area contributed by atoms with Crippen LogP contribution in [0.1, 0.15) is 18.4 Å². The van der Waals surface area contributed by atoms with Gasteiger partial charge in [0.2, 0.25) is 0 Å². The van der Waals surface area contributed by atoms with Crippen LogP contribution in [-0.4, -0.2) is 51.2 Å². The van der Waals surface area contributed by atoms with Crippen molar-refractivity contribution < 1.29 is 9.53 Å². The lowest BCUT2D eigenvalue weighted by atomic mass is 9.93. The monoisotopic (exact) mass is 325 g/mol. The molecular weight excluding hydrogens is 306 g/mol. The zero-order valence-electron chi connectivity index (χ0n) is 13.3. The van der Waals surface area contributed by atoms with Crippen LogP contribution in [0.4, 0.5) is 4.79 Å². The van der Waals surface area contributed by atoms with E-state index in [9.17, 15) is 4.79 Å². The average Bonchev–Trinajstić information content (AvgIpc) is 2.96. The SMILES string of the molecule is O=C1NCC2(CCCN(Cc3cnc(-c4ccccn4)nc3)C2)O1. The largest absolute Gasteiger partial charge is 0.440 e. The lowest BCUT2D eigenvalue weighted by Gasteiger charge is -2.38. The van der Waals surface area contributed by atoms with Gasteiger partial charge in [0.25, 0.3) is 0 Å². The minimum Gasteiger partial charge on any atom is -0.440 e. The normalized spacial score (nSPS) is 23.9. The van der Waals surface area contributed by atoms with Gasteiger partial charge in [-0.2, -0.15) is 0 Å². The number of hydrogen-bond acceptors (Lipinski definition) is 6. The van der Waals surface area contributed by atoms with Crippen molar-refractivity contribution in [2.45, 2.75) is 25.0 Å². The molecule has 4 heterocycles. The topological polar surface area (TPSA) is 80.2 Å². The van der Waals surface area contributed by atoms with Crippen LogP contribution in [0.2, 0.25) is 0 Å². The van der Waals surface area contributed by atoms with Crippen molar-refractivity contribution >= 4 is 6.09 Å². The molecule has 0 radical (unpaired) electrons. The van der Waals surface area contributed by atoms with E-state index in [2.05, 4.69) is 25.2 Å². The second kappa shape index (κ2) is 6.16. The van der Waals surface area contributed by atoms with Crippen molar-refractivity contribution in [1.82, 2.24) is 25.2 Å². The molecule has 2 aliphatic rings. The molecular formula is C17H19N5O2. The number of amides is 1. The standard InChI is InChI=1S/C17H19N5O2/c23-16-21-11-17(24-16)5-3-7-22(12-17)10-13-8-19-15(20-9-13)14-4-1-2-6-18-14/h1-2,4,6,8-9H,3,5,7,10-12H2,(H,21,23). The van der Waals surface area contributed by atoms with Crippen LogP contribution >= 0.6 is 0 Å². The maximum absolute atomic E-state index is 11.4. The van der Waals surface area contributed by atoms with E-state index < -0.39 is 0 Å². The van der Waals surface area contributed by atoms with E-state index in [1.54, 1.807) is 6.20 Å². The van der Waals surface area contributed by atoms with E-state index in [4.69, 9.17) is 4.74 Å². The molecule has 1 amide bonds. The van der Waals surface area contributed by atoms with Crippen molar-refractivity contribution in [2.24, 2.45) is 0 Å². The Bertz CT molecular complexity index is 722. The van der Waals surface area contributed by atoms with Gasteiger partial charge < -0.3 is 10.1 Å². The number of nitrogens with zero attached hydrogens (tertiary/aromatic N) is 4. The lowest BCUT2D eigenvalue weighted by Crippen LogP contribution is -2.50. The number of carbonyl (C=O) groups excluding carboxylic acids is 1. The molecule has 0 aliphatic carbocycles. The van der Waals surface area contributed by atoms with E-state index in [1.807, 2.05) is 30.6 Å². The first-order valence-corrected chi connectivity index (χ1v) is 8.14. The Morgan fingerprint density at radius 2 is 2.12 bits per heavy atom. The van der Waals surface area contributed by atoms with Gasteiger partial charge in [-0.3, -0.25) is 9.88 Å². The van der Waals surface area contributed by atoms with Crippen molar-refractivity contribution in [3.8, 4) is 11.5 Å². The number of carbonyl (C=O) groups is 1. The van der Waals surface area contributed by atoms with Gasteiger partial charge >= 0.3 is 6.09 Å². The molecule has 2 aliphatic heterocycles. The summed E-state index contributed by atoms with van der Waals surface area (Å²) in [5.41, 5.74) is 1.44. The summed E-state index contributed by atoms with van der Waals surface area (Å²) in [7, 11) is 0. The lowest BCUT2D eigenvalue weighted by molar-refractivity contribution is -0.0111. The minimum absolute atomic E-state index is 0.306. The Hall–Kier alpha value is -2.54. The molecule has 4 rings (SSSR count). The van der Waals surface area contributed by atoms with Gasteiger partial charge in [-0.05, 0) is 31.5 Å². The zero-order chi connectivity index (χ0) is 16.4. The van der Waals surface area contributed by atoms with Crippen LogP contribution < -0.4 is 5.32 Å². The molecule has 0 aromatic carbocycles. The predicted molar refractivity (Wildman–Crippen MR) is 87.0 cm³/mol. The third-order valence-electron chi connectivity index (χ3n) is 4.49. The molecule has 7 heteroatoms. The van der Waals surface area contributed by atoms with Crippen LogP contribution in [0.15, 0.2) is 36.8 Å². The fourth-order valence-electron chi connectivity index (χ4n) is 3.38. The quantitative estimate of drug-likeness (QED) is 0.923. The Kier molecular flexibility index (Phi) is 3.86. The molecule has 2 saturated heterocycles. The Balaban J connectivity index is 1.43. The summed E-state index contributed by atoms with van der Waals surface area (Å²) < 4.78 is 5.50. The smallest absolute Gasteiger partial charge is 0.407 e. The number of alkyl carbamates (subject to hydrolysis) is 1. The van der Waals surface area contributed by atoms with Crippen LogP contribution in [0.5, 0.6) is 0 Å². The summed E-state index contributed by atoms with van der Waals surface area (Å²) in [4.78, 5) is 26.8. The van der Waals surface area contributed by atoms with Gasteiger partial charge in [-0.15, -0.1) is 0 Å². The van der Waals surface area contributed by atoms with Gasteiger partial charge in [0.15, 0.2) is 5.82 Å². The first-order chi connectivity index (χ1) is 11.7. The number of piperidine rings is 1. The number of rotatable bonds is 3. The summed E-state index contributed by atoms with van der Waals surface area (Å²) >= 11 is 0. The number of pyridine rings is 1. The molecule has 1 N–H and O–H groups in total. The molecule has 24 heavy (non-hydrogen) atoms. The van der Waals surface area contributed by atoms with Gasteiger partial charge in [-0.1, -0.05) is 6.07 Å². The first-order valence-electron chi connectivity index (χ1n) is 8.14. The average molecular weight is 325 g/mol. The fraction of sp³-hybridized carbons (Fsp3) is 0.412. The van der Waals surface area contributed by atoms with Crippen LogP contribution in [-0.2, 0) is 11.3 Å². The van der Waals surface area contributed by atoms with Crippen LogP contribution in [0.3, 0.4) is 0 Å². The van der Waals surface area contributed by atoms with Crippen molar-refractivity contribution in [2.75, 3.05) is 19.6 Å². The molecule has 7 nitrogen and oxygen atoms in total. The van der Waals surface area contributed by atoms with E-state index in [-0.39, 0.29) is 11.7 Å². The maximum Gasteiger partial charge on any atom is 0.407 e. The third kappa shape index (κ3) is 3.07. The highest BCUT2D eigenvalue weighted by Crippen LogP contribution is 2.28. The molecule has 124 valence electrons. The third-order valence-corrected chi connectivity index (χ3v) is 4.49. The second-order valence-electron chi connectivity index (χ2n) is 6.37. The summed E-state index contributed by atoms with van der Waals surface area (Å²) in [5.74, 6) is 0.628. The van der Waals surface area contributed by atoms with Crippen molar-refractivity contribution in [3.63, 3.8) is 0 Å². The van der Waals surface area contributed by atoms with Gasteiger partial charge in [0, 0.05) is 37.2 Å². The second-order valence-corrected chi connectivity index (χ2v) is 6.37. The molecule has 2 aromatic rings. The Morgan fingerprint density at radius 3 is 2.83 bits per heavy atom. The number of aromatic nitrogens is 3. The number of nitrogens with one attached hydrogen (secondary N) is 1. The van der Waals surface area contributed by atoms with Crippen LogP contribution in [0, 0.1) is 0 Å². The van der Waals surface area contributed by atoms with Gasteiger partial charge in [-0.25, -0.2) is 14.8 Å². The highest BCUT2D eigenvalue weighted by Gasteiger charge is 2.43. The van der Waals surface area contributed by atoms with E-state index in [0.717, 1.165) is 43.7 Å². The van der Waals surface area contributed by atoms with Crippen LogP contribution in [0.25, 0.3) is 11.5 Å². The Morgan fingerprint density at radius 1 is 1.25 bits per heavy atom. The van der Waals surface area contributed by atoms with Crippen molar-refractivity contribution in [1.29, 1.82) is 0 Å². The fourth-order valence-corrected chi connectivity index (χ4v) is 3.38. The summed E-state index contributed by atoms with van der Waals surface area (Å²) in [6.45, 7) is 3.08. The molecule has 2 aromatic heterocycles. The van der Waals surface area contributed by atoms with E-state index >= 15 is 0 Å². The highest BCUT2D eigenvalue weighted by atomic mass is 16.6. The minimum atomic E-state index is -0.371. The van der Waals surface area contributed by atoms with Crippen molar-refractivity contribution in [3.05, 3.63) is 42.4 Å². The summed E-state index contributed by atoms with van der Waals surface area (Å²) in [6, 6.07) is 5.68. The number of hydrogen-bond donors (Lipinski definition) is 1. The van der Waals surface area contributed by atoms with Gasteiger partial charge in [0.05, 0.1) is 6.54 Å². The van der Waals surface area contributed by atoms with E-state index in [1.165, 1.54) is 0 Å². The highest BCUT2D eigenvalue weighted by molar-refractivity contribution is 5.70. The molecule has 1 spiro atoms. The maximum atomic E-state index is 11.4. The molecule has 1 atom stereocenters. The zero-order valence-corrected chi connectivity index (χ0v) is 13.3. The van der Waals surface area contributed by atoms with Gasteiger partial charge in [0.1, 0.15) is 11.3 Å². The number of likely N-dealkylation sites (tertiary alicyclic amines) is 1. The molecule has 1 unspecified atom stereocenters. The number of ether oxygens (including phenoxy) is 1. The summed E-state index contributed by atoms with van der Waals surface area (Å²) in [6.07, 6.45) is 7.05. The first kappa shape index (κ1) is 15.0.